The SMILES string of the molecule is c1ccc(-n2ccc(CN3CCC[C@@H]3Cn3cncn3)n2)cc1. The molecule has 0 aliphatic carbocycles. The molecule has 0 amide bonds. The van der Waals surface area contributed by atoms with E-state index in [1.165, 1.54) is 12.8 Å². The Hall–Kier alpha value is -2.47. The molecule has 0 saturated carbocycles. The minimum Gasteiger partial charge on any atom is -0.293 e. The summed E-state index contributed by atoms with van der Waals surface area (Å²) in [6, 6.07) is 12.8. The third-order valence-corrected chi connectivity index (χ3v) is 4.39. The number of benzene rings is 1. The summed E-state index contributed by atoms with van der Waals surface area (Å²) in [7, 11) is 0. The fraction of sp³-hybridized carbons (Fsp3) is 0.353. The van der Waals surface area contributed by atoms with Crippen LogP contribution >= 0.6 is 0 Å². The zero-order valence-corrected chi connectivity index (χ0v) is 13.0. The van der Waals surface area contributed by atoms with Crippen molar-refractivity contribution in [2.24, 2.45) is 0 Å². The van der Waals surface area contributed by atoms with E-state index >= 15 is 0 Å². The van der Waals surface area contributed by atoms with Gasteiger partial charge in [-0.05, 0) is 37.6 Å². The molecule has 2 aromatic heterocycles. The van der Waals surface area contributed by atoms with Gasteiger partial charge in [0.15, 0.2) is 0 Å². The summed E-state index contributed by atoms with van der Waals surface area (Å²) >= 11 is 0. The van der Waals surface area contributed by atoms with E-state index in [4.69, 9.17) is 5.10 Å². The van der Waals surface area contributed by atoms with Gasteiger partial charge in [0.05, 0.1) is 17.9 Å². The molecule has 0 bridgehead atoms. The van der Waals surface area contributed by atoms with Crippen molar-refractivity contribution in [1.82, 2.24) is 29.4 Å². The van der Waals surface area contributed by atoms with Crippen LogP contribution in [0.3, 0.4) is 0 Å². The summed E-state index contributed by atoms with van der Waals surface area (Å²) in [6.45, 7) is 2.91. The third-order valence-electron chi connectivity index (χ3n) is 4.39. The largest absolute Gasteiger partial charge is 0.293 e. The van der Waals surface area contributed by atoms with Crippen molar-refractivity contribution in [3.63, 3.8) is 0 Å². The highest BCUT2D eigenvalue weighted by molar-refractivity contribution is 5.30. The van der Waals surface area contributed by atoms with Crippen LogP contribution in [0.25, 0.3) is 5.69 Å². The Morgan fingerprint density at radius 1 is 1.13 bits per heavy atom. The Morgan fingerprint density at radius 2 is 2.04 bits per heavy atom. The van der Waals surface area contributed by atoms with Crippen LogP contribution in [0.4, 0.5) is 0 Å². The molecule has 0 N–H and O–H groups in total. The van der Waals surface area contributed by atoms with Crippen molar-refractivity contribution in [1.29, 1.82) is 0 Å². The molecular formula is C17H20N6. The predicted molar refractivity (Wildman–Crippen MR) is 87.0 cm³/mol. The van der Waals surface area contributed by atoms with Gasteiger partial charge in [-0.1, -0.05) is 18.2 Å². The van der Waals surface area contributed by atoms with Gasteiger partial charge in [0.1, 0.15) is 12.7 Å². The van der Waals surface area contributed by atoms with Crippen LogP contribution < -0.4 is 0 Å². The minimum atomic E-state index is 0.513. The fourth-order valence-corrected chi connectivity index (χ4v) is 3.23. The molecule has 1 atom stereocenters. The molecule has 3 aromatic rings. The Labute approximate surface area is 135 Å². The molecule has 1 fully saturated rings. The molecule has 0 unspecified atom stereocenters. The summed E-state index contributed by atoms with van der Waals surface area (Å²) in [5.74, 6) is 0. The molecule has 6 nitrogen and oxygen atoms in total. The lowest BCUT2D eigenvalue weighted by molar-refractivity contribution is 0.216. The summed E-state index contributed by atoms with van der Waals surface area (Å²) < 4.78 is 3.86. The van der Waals surface area contributed by atoms with Gasteiger partial charge in [0.2, 0.25) is 0 Å². The molecule has 1 saturated heterocycles. The monoisotopic (exact) mass is 308 g/mol. The molecule has 6 heteroatoms. The summed E-state index contributed by atoms with van der Waals surface area (Å²) in [5.41, 5.74) is 2.21. The minimum absolute atomic E-state index is 0.513. The van der Waals surface area contributed by atoms with E-state index in [0.29, 0.717) is 6.04 Å². The highest BCUT2D eigenvalue weighted by atomic mass is 15.3. The maximum atomic E-state index is 4.72. The van der Waals surface area contributed by atoms with E-state index in [1.807, 2.05) is 33.8 Å². The van der Waals surface area contributed by atoms with E-state index in [2.05, 4.69) is 33.2 Å². The van der Waals surface area contributed by atoms with Crippen LogP contribution in [-0.2, 0) is 13.1 Å². The number of aromatic nitrogens is 5. The summed E-state index contributed by atoms with van der Waals surface area (Å²) in [6.07, 6.45) is 7.87. The molecule has 1 aliphatic rings. The van der Waals surface area contributed by atoms with E-state index in [0.717, 1.165) is 31.0 Å². The Morgan fingerprint density at radius 3 is 2.87 bits per heavy atom. The number of hydrogen-bond donors (Lipinski definition) is 0. The van der Waals surface area contributed by atoms with Crippen LogP contribution in [-0.4, -0.2) is 42.0 Å². The second-order valence-electron chi connectivity index (χ2n) is 5.97. The highest BCUT2D eigenvalue weighted by Crippen LogP contribution is 2.21. The quantitative estimate of drug-likeness (QED) is 0.724. The number of likely N-dealkylation sites (tertiary alicyclic amines) is 1. The smallest absolute Gasteiger partial charge is 0.137 e. The van der Waals surface area contributed by atoms with Crippen LogP contribution in [0.1, 0.15) is 18.5 Å². The normalized spacial score (nSPS) is 18.5. The van der Waals surface area contributed by atoms with Gasteiger partial charge in [0.25, 0.3) is 0 Å². The number of nitrogens with zero attached hydrogens (tertiary/aromatic N) is 6. The summed E-state index contributed by atoms with van der Waals surface area (Å²) in [5, 5.41) is 8.94. The maximum Gasteiger partial charge on any atom is 0.137 e. The van der Waals surface area contributed by atoms with Crippen molar-refractivity contribution in [2.75, 3.05) is 6.54 Å². The average molecular weight is 308 g/mol. The van der Waals surface area contributed by atoms with E-state index in [1.54, 1.807) is 12.7 Å². The Bertz CT molecular complexity index is 734. The lowest BCUT2D eigenvalue weighted by atomic mass is 10.2. The predicted octanol–water partition coefficient (Wildman–Crippen LogP) is 2.13. The molecular weight excluding hydrogens is 288 g/mol. The van der Waals surface area contributed by atoms with E-state index in [9.17, 15) is 0 Å². The van der Waals surface area contributed by atoms with Crippen LogP contribution in [0.2, 0.25) is 0 Å². The van der Waals surface area contributed by atoms with E-state index in [-0.39, 0.29) is 0 Å². The standard InChI is InChI=1S/C17H20N6/c1-2-5-16(6-3-1)23-10-8-15(20-23)11-21-9-4-7-17(21)12-22-14-18-13-19-22/h1-3,5-6,8,10,13-14,17H,4,7,9,11-12H2/t17-/m1/s1. The number of para-hydroxylation sites is 1. The zero-order valence-electron chi connectivity index (χ0n) is 13.0. The molecule has 1 aliphatic heterocycles. The van der Waals surface area contributed by atoms with Crippen molar-refractivity contribution in [3.05, 3.63) is 60.9 Å². The molecule has 0 radical (unpaired) electrons. The van der Waals surface area contributed by atoms with Crippen molar-refractivity contribution < 1.29 is 0 Å². The first-order valence-corrected chi connectivity index (χ1v) is 8.05. The lowest BCUT2D eigenvalue weighted by Crippen LogP contribution is -2.32. The topological polar surface area (TPSA) is 51.8 Å². The van der Waals surface area contributed by atoms with Gasteiger partial charge in [0, 0.05) is 18.8 Å². The van der Waals surface area contributed by atoms with Crippen LogP contribution in [0.5, 0.6) is 0 Å². The Kier molecular flexibility index (Phi) is 3.90. The molecule has 1 aromatic carbocycles. The van der Waals surface area contributed by atoms with Crippen LogP contribution in [0.15, 0.2) is 55.2 Å². The number of hydrogen-bond acceptors (Lipinski definition) is 4. The lowest BCUT2D eigenvalue weighted by Gasteiger charge is -2.23. The second kappa shape index (κ2) is 6.34. The van der Waals surface area contributed by atoms with Gasteiger partial charge in [-0.2, -0.15) is 10.2 Å². The van der Waals surface area contributed by atoms with Gasteiger partial charge in [-0.15, -0.1) is 0 Å². The van der Waals surface area contributed by atoms with Gasteiger partial charge >= 0.3 is 0 Å². The van der Waals surface area contributed by atoms with Crippen molar-refractivity contribution >= 4 is 0 Å². The zero-order chi connectivity index (χ0) is 15.5. The van der Waals surface area contributed by atoms with Crippen LogP contribution in [0, 0.1) is 0 Å². The van der Waals surface area contributed by atoms with Crippen molar-refractivity contribution in [2.45, 2.75) is 32.0 Å². The fourth-order valence-electron chi connectivity index (χ4n) is 3.23. The average Bonchev–Trinajstić information content (AvgIpc) is 3.33. The number of rotatable bonds is 5. The third kappa shape index (κ3) is 3.17. The first-order valence-electron chi connectivity index (χ1n) is 8.05. The van der Waals surface area contributed by atoms with E-state index < -0.39 is 0 Å². The van der Waals surface area contributed by atoms with Gasteiger partial charge < -0.3 is 0 Å². The highest BCUT2D eigenvalue weighted by Gasteiger charge is 2.25. The molecule has 118 valence electrons. The van der Waals surface area contributed by atoms with Gasteiger partial charge in [-0.25, -0.2) is 9.67 Å². The molecule has 23 heavy (non-hydrogen) atoms. The first-order chi connectivity index (χ1) is 11.4. The van der Waals surface area contributed by atoms with Crippen molar-refractivity contribution in [3.8, 4) is 5.69 Å². The first kappa shape index (κ1) is 14.1. The molecule has 0 spiro atoms. The molecule has 3 heterocycles. The maximum absolute atomic E-state index is 4.72. The summed E-state index contributed by atoms with van der Waals surface area (Å²) in [4.78, 5) is 6.53. The molecule has 4 rings (SSSR count). The van der Waals surface area contributed by atoms with Gasteiger partial charge in [-0.3, -0.25) is 9.58 Å². The Balaban J connectivity index is 1.44. The second-order valence-corrected chi connectivity index (χ2v) is 5.97.